The van der Waals surface area contributed by atoms with E-state index in [1.54, 1.807) is 0 Å². The van der Waals surface area contributed by atoms with Gasteiger partial charge in [0.05, 0.1) is 12.5 Å². The SMILES string of the molecule is CC1(C)C(O)CC1NCCC(F)(F)F. The lowest BCUT2D eigenvalue weighted by Gasteiger charge is -2.49. The highest BCUT2D eigenvalue weighted by atomic mass is 19.4. The summed E-state index contributed by atoms with van der Waals surface area (Å²) in [5.41, 5.74) is -0.300. The second-order valence-electron chi connectivity index (χ2n) is 4.44. The van der Waals surface area contributed by atoms with Crippen LogP contribution in [0.4, 0.5) is 13.2 Å². The molecule has 0 aromatic rings. The summed E-state index contributed by atoms with van der Waals surface area (Å²) in [5.74, 6) is 0. The fourth-order valence-electron chi connectivity index (χ4n) is 1.64. The van der Waals surface area contributed by atoms with Gasteiger partial charge < -0.3 is 10.4 Å². The van der Waals surface area contributed by atoms with Crippen LogP contribution in [0.1, 0.15) is 26.7 Å². The molecule has 1 rings (SSSR count). The number of aliphatic hydroxyl groups excluding tert-OH is 1. The lowest BCUT2D eigenvalue weighted by Crippen LogP contribution is -2.60. The molecule has 2 atom stereocenters. The maximum Gasteiger partial charge on any atom is 0.390 e. The average molecular weight is 211 g/mol. The molecule has 0 aromatic heterocycles. The van der Waals surface area contributed by atoms with Crippen LogP contribution >= 0.6 is 0 Å². The van der Waals surface area contributed by atoms with Crippen molar-refractivity contribution in [3.63, 3.8) is 0 Å². The molecule has 0 saturated heterocycles. The molecule has 0 aromatic carbocycles. The van der Waals surface area contributed by atoms with Crippen LogP contribution in [0.2, 0.25) is 0 Å². The summed E-state index contributed by atoms with van der Waals surface area (Å²) >= 11 is 0. The maximum absolute atomic E-state index is 11.8. The lowest BCUT2D eigenvalue weighted by atomic mass is 9.64. The zero-order valence-electron chi connectivity index (χ0n) is 8.36. The Hall–Kier alpha value is -0.290. The van der Waals surface area contributed by atoms with E-state index in [4.69, 9.17) is 0 Å². The van der Waals surface area contributed by atoms with Crippen LogP contribution in [0.25, 0.3) is 0 Å². The molecular weight excluding hydrogens is 195 g/mol. The molecule has 84 valence electrons. The van der Waals surface area contributed by atoms with Crippen molar-refractivity contribution in [3.8, 4) is 0 Å². The molecule has 0 radical (unpaired) electrons. The molecule has 1 aliphatic rings. The first-order chi connectivity index (χ1) is 6.23. The van der Waals surface area contributed by atoms with Gasteiger partial charge in [0, 0.05) is 18.0 Å². The second kappa shape index (κ2) is 3.70. The molecule has 0 aliphatic heterocycles. The third kappa shape index (κ3) is 2.60. The summed E-state index contributed by atoms with van der Waals surface area (Å²) < 4.78 is 35.4. The van der Waals surface area contributed by atoms with E-state index in [-0.39, 0.29) is 18.0 Å². The Kier molecular flexibility index (Phi) is 3.11. The molecule has 1 aliphatic carbocycles. The molecule has 1 saturated carbocycles. The fraction of sp³-hybridized carbons (Fsp3) is 1.00. The van der Waals surface area contributed by atoms with Crippen molar-refractivity contribution >= 4 is 0 Å². The first-order valence-corrected chi connectivity index (χ1v) is 4.71. The third-order valence-electron chi connectivity index (χ3n) is 3.02. The molecule has 5 heteroatoms. The van der Waals surface area contributed by atoms with E-state index in [9.17, 15) is 18.3 Å². The molecule has 0 amide bonds. The minimum Gasteiger partial charge on any atom is -0.392 e. The third-order valence-corrected chi connectivity index (χ3v) is 3.02. The quantitative estimate of drug-likeness (QED) is 0.744. The van der Waals surface area contributed by atoms with Gasteiger partial charge >= 0.3 is 6.18 Å². The van der Waals surface area contributed by atoms with Gasteiger partial charge in [-0.05, 0) is 6.42 Å². The maximum atomic E-state index is 11.8. The Morgan fingerprint density at radius 2 is 2.00 bits per heavy atom. The van der Waals surface area contributed by atoms with E-state index >= 15 is 0 Å². The molecule has 2 unspecified atom stereocenters. The molecule has 0 heterocycles. The highest BCUT2D eigenvalue weighted by molar-refractivity contribution is 5.01. The van der Waals surface area contributed by atoms with E-state index in [1.165, 1.54) is 0 Å². The van der Waals surface area contributed by atoms with Crippen LogP contribution in [-0.2, 0) is 0 Å². The standard InChI is InChI=1S/C9H16F3NO/c1-8(2)6(5-7(8)14)13-4-3-9(10,11)12/h6-7,13-14H,3-5H2,1-2H3. The monoisotopic (exact) mass is 211 g/mol. The van der Waals surface area contributed by atoms with E-state index in [0.29, 0.717) is 6.42 Å². The summed E-state index contributed by atoms with van der Waals surface area (Å²) in [6.45, 7) is 3.64. The van der Waals surface area contributed by atoms with E-state index < -0.39 is 18.7 Å². The number of alkyl halides is 3. The first-order valence-electron chi connectivity index (χ1n) is 4.71. The Morgan fingerprint density at radius 3 is 2.36 bits per heavy atom. The summed E-state index contributed by atoms with van der Waals surface area (Å²) in [6, 6.07) is -0.000139. The van der Waals surface area contributed by atoms with Crippen molar-refractivity contribution in [2.75, 3.05) is 6.54 Å². The fourth-order valence-corrected chi connectivity index (χ4v) is 1.64. The molecular formula is C9H16F3NO. The van der Waals surface area contributed by atoms with Gasteiger partial charge in [-0.3, -0.25) is 0 Å². The van der Waals surface area contributed by atoms with Crippen LogP contribution in [0, 0.1) is 5.41 Å². The number of halogens is 3. The van der Waals surface area contributed by atoms with Crippen LogP contribution in [-0.4, -0.2) is 30.0 Å². The van der Waals surface area contributed by atoms with Gasteiger partial charge in [-0.25, -0.2) is 0 Å². The van der Waals surface area contributed by atoms with Crippen molar-refractivity contribution in [2.45, 2.75) is 45.0 Å². The molecule has 2 N–H and O–H groups in total. The Morgan fingerprint density at radius 1 is 1.43 bits per heavy atom. The van der Waals surface area contributed by atoms with E-state index in [2.05, 4.69) is 5.32 Å². The highest BCUT2D eigenvalue weighted by Crippen LogP contribution is 2.40. The van der Waals surface area contributed by atoms with Gasteiger partial charge in [0.1, 0.15) is 0 Å². The van der Waals surface area contributed by atoms with Crippen molar-refractivity contribution in [1.82, 2.24) is 5.32 Å². The van der Waals surface area contributed by atoms with Crippen LogP contribution in [0.3, 0.4) is 0 Å². The number of hydrogen-bond donors (Lipinski definition) is 2. The van der Waals surface area contributed by atoms with Gasteiger partial charge in [0.2, 0.25) is 0 Å². The van der Waals surface area contributed by atoms with Crippen LogP contribution in [0.5, 0.6) is 0 Å². The zero-order valence-corrected chi connectivity index (χ0v) is 8.36. The van der Waals surface area contributed by atoms with Crippen molar-refractivity contribution in [2.24, 2.45) is 5.41 Å². The summed E-state index contributed by atoms with van der Waals surface area (Å²) in [4.78, 5) is 0. The smallest absolute Gasteiger partial charge is 0.390 e. The molecule has 0 bridgehead atoms. The van der Waals surface area contributed by atoms with Crippen LogP contribution < -0.4 is 5.32 Å². The Bertz CT molecular complexity index is 203. The van der Waals surface area contributed by atoms with E-state index in [1.807, 2.05) is 13.8 Å². The number of nitrogens with one attached hydrogen (secondary N) is 1. The van der Waals surface area contributed by atoms with Gasteiger partial charge in [-0.1, -0.05) is 13.8 Å². The number of aliphatic hydroxyl groups is 1. The molecule has 1 fully saturated rings. The number of rotatable bonds is 3. The average Bonchev–Trinajstić information content (AvgIpc) is 2.01. The van der Waals surface area contributed by atoms with Gasteiger partial charge in [-0.15, -0.1) is 0 Å². The van der Waals surface area contributed by atoms with E-state index in [0.717, 1.165) is 0 Å². The van der Waals surface area contributed by atoms with Crippen molar-refractivity contribution < 1.29 is 18.3 Å². The Balaban J connectivity index is 2.22. The summed E-state index contributed by atoms with van der Waals surface area (Å²) in [6.07, 6.45) is -4.76. The second-order valence-corrected chi connectivity index (χ2v) is 4.44. The largest absolute Gasteiger partial charge is 0.392 e. The Labute approximate surface area is 81.5 Å². The summed E-state index contributed by atoms with van der Waals surface area (Å²) in [5, 5.41) is 12.2. The van der Waals surface area contributed by atoms with Gasteiger partial charge in [0.25, 0.3) is 0 Å². The lowest BCUT2D eigenvalue weighted by molar-refractivity contribution is -0.136. The topological polar surface area (TPSA) is 32.3 Å². The summed E-state index contributed by atoms with van der Waals surface area (Å²) in [7, 11) is 0. The van der Waals surface area contributed by atoms with Gasteiger partial charge in [0.15, 0.2) is 0 Å². The van der Waals surface area contributed by atoms with Gasteiger partial charge in [-0.2, -0.15) is 13.2 Å². The normalized spacial score (nSPS) is 31.3. The predicted molar refractivity (Wildman–Crippen MR) is 46.9 cm³/mol. The first kappa shape index (κ1) is 11.8. The number of hydrogen-bond acceptors (Lipinski definition) is 2. The molecule has 0 spiro atoms. The minimum absolute atomic E-state index is 0.000139. The molecule has 2 nitrogen and oxygen atoms in total. The van der Waals surface area contributed by atoms with Crippen LogP contribution in [0.15, 0.2) is 0 Å². The zero-order chi connectivity index (χ0) is 11.0. The highest BCUT2D eigenvalue weighted by Gasteiger charge is 2.47. The minimum atomic E-state index is -4.10. The van der Waals surface area contributed by atoms with Crippen molar-refractivity contribution in [1.29, 1.82) is 0 Å². The molecule has 14 heavy (non-hydrogen) atoms. The predicted octanol–water partition coefficient (Wildman–Crippen LogP) is 1.69. The van der Waals surface area contributed by atoms with Crippen molar-refractivity contribution in [3.05, 3.63) is 0 Å².